The second-order valence-electron chi connectivity index (χ2n) is 6.73. The first kappa shape index (κ1) is 18.0. The molecule has 1 aliphatic rings. The van der Waals surface area contributed by atoms with Crippen molar-refractivity contribution in [2.45, 2.75) is 26.3 Å². The maximum absolute atomic E-state index is 11.5. The molecule has 0 spiro atoms. The molecule has 136 valence electrons. The van der Waals surface area contributed by atoms with Crippen LogP contribution in [0.2, 0.25) is 0 Å². The third kappa shape index (κ3) is 4.45. The van der Waals surface area contributed by atoms with Crippen molar-refractivity contribution in [3.05, 3.63) is 35.7 Å². The van der Waals surface area contributed by atoms with Gasteiger partial charge in [-0.2, -0.15) is 9.29 Å². The lowest BCUT2D eigenvalue weighted by Gasteiger charge is -2.32. The summed E-state index contributed by atoms with van der Waals surface area (Å²) in [7, 11) is -3.11. The SMILES string of the molecule is CC(C)c1ccc(-c2noc(CN3CCN(S(C)(=O)=O)CC3)n2)cc1. The highest BCUT2D eigenvalue weighted by atomic mass is 32.2. The lowest BCUT2D eigenvalue weighted by molar-refractivity contribution is 0.164. The first-order chi connectivity index (χ1) is 11.8. The summed E-state index contributed by atoms with van der Waals surface area (Å²) in [4.78, 5) is 6.59. The van der Waals surface area contributed by atoms with Crippen molar-refractivity contribution in [1.82, 2.24) is 19.3 Å². The van der Waals surface area contributed by atoms with E-state index in [1.807, 2.05) is 12.1 Å². The molecule has 0 bridgehead atoms. The van der Waals surface area contributed by atoms with Gasteiger partial charge in [-0.05, 0) is 11.5 Å². The number of benzene rings is 1. The maximum Gasteiger partial charge on any atom is 0.241 e. The molecule has 1 aliphatic heterocycles. The maximum atomic E-state index is 11.5. The minimum Gasteiger partial charge on any atom is -0.338 e. The highest BCUT2D eigenvalue weighted by Gasteiger charge is 2.24. The van der Waals surface area contributed by atoms with Crippen LogP contribution in [0.3, 0.4) is 0 Å². The van der Waals surface area contributed by atoms with Crippen molar-refractivity contribution in [2.75, 3.05) is 32.4 Å². The van der Waals surface area contributed by atoms with Crippen LogP contribution >= 0.6 is 0 Å². The van der Waals surface area contributed by atoms with E-state index in [0.717, 1.165) is 5.56 Å². The quantitative estimate of drug-likeness (QED) is 0.807. The molecule has 1 saturated heterocycles. The minimum absolute atomic E-state index is 0.487. The fourth-order valence-corrected chi connectivity index (χ4v) is 3.69. The van der Waals surface area contributed by atoms with Gasteiger partial charge in [0.15, 0.2) is 0 Å². The van der Waals surface area contributed by atoms with Crippen LogP contribution in [0.15, 0.2) is 28.8 Å². The second-order valence-corrected chi connectivity index (χ2v) is 8.71. The second kappa shape index (κ2) is 7.23. The third-order valence-electron chi connectivity index (χ3n) is 4.46. The van der Waals surface area contributed by atoms with Crippen molar-refractivity contribution in [2.24, 2.45) is 0 Å². The van der Waals surface area contributed by atoms with Crippen LogP contribution < -0.4 is 0 Å². The number of aromatic nitrogens is 2. The molecule has 8 heteroatoms. The zero-order chi connectivity index (χ0) is 18.0. The summed E-state index contributed by atoms with van der Waals surface area (Å²) in [6, 6.07) is 8.19. The van der Waals surface area contributed by atoms with Gasteiger partial charge in [-0.15, -0.1) is 0 Å². The fraction of sp³-hybridized carbons (Fsp3) is 0.529. The molecule has 2 aromatic rings. The van der Waals surface area contributed by atoms with Gasteiger partial charge in [0.25, 0.3) is 0 Å². The Morgan fingerprint density at radius 2 is 1.76 bits per heavy atom. The third-order valence-corrected chi connectivity index (χ3v) is 5.77. The Bertz CT molecular complexity index is 807. The first-order valence-corrected chi connectivity index (χ1v) is 10.3. The first-order valence-electron chi connectivity index (χ1n) is 8.43. The average molecular weight is 364 g/mol. The Morgan fingerprint density at radius 1 is 1.12 bits per heavy atom. The fourth-order valence-electron chi connectivity index (χ4n) is 2.86. The molecule has 7 nitrogen and oxygen atoms in total. The smallest absolute Gasteiger partial charge is 0.241 e. The Balaban J connectivity index is 1.61. The van der Waals surface area contributed by atoms with Crippen LogP contribution in [0, 0.1) is 0 Å². The van der Waals surface area contributed by atoms with E-state index in [0.29, 0.717) is 50.4 Å². The van der Waals surface area contributed by atoms with Crippen molar-refractivity contribution >= 4 is 10.0 Å². The molecule has 1 aromatic heterocycles. The molecule has 0 unspecified atom stereocenters. The summed E-state index contributed by atoms with van der Waals surface area (Å²) < 4.78 is 29.9. The summed E-state index contributed by atoms with van der Waals surface area (Å²) in [6.45, 7) is 7.17. The highest BCUT2D eigenvalue weighted by Crippen LogP contribution is 2.21. The number of piperazine rings is 1. The number of nitrogens with zero attached hydrogens (tertiary/aromatic N) is 4. The summed E-state index contributed by atoms with van der Waals surface area (Å²) in [5.41, 5.74) is 2.21. The van der Waals surface area contributed by atoms with Crippen LogP contribution in [0.5, 0.6) is 0 Å². The molecular formula is C17H24N4O3S. The molecule has 1 fully saturated rings. The monoisotopic (exact) mass is 364 g/mol. The molecule has 0 atom stereocenters. The predicted octanol–water partition coefficient (Wildman–Crippen LogP) is 1.94. The van der Waals surface area contributed by atoms with Crippen molar-refractivity contribution in [3.63, 3.8) is 0 Å². The minimum atomic E-state index is -3.11. The van der Waals surface area contributed by atoms with Gasteiger partial charge in [0.1, 0.15) is 0 Å². The van der Waals surface area contributed by atoms with Gasteiger partial charge in [-0.1, -0.05) is 43.3 Å². The van der Waals surface area contributed by atoms with Gasteiger partial charge in [-0.3, -0.25) is 4.90 Å². The Kier molecular flexibility index (Phi) is 5.21. The predicted molar refractivity (Wildman–Crippen MR) is 95.5 cm³/mol. The number of hydrogen-bond donors (Lipinski definition) is 0. The van der Waals surface area contributed by atoms with Crippen LogP contribution in [0.25, 0.3) is 11.4 Å². The zero-order valence-electron chi connectivity index (χ0n) is 14.8. The summed E-state index contributed by atoms with van der Waals surface area (Å²) in [5, 5.41) is 4.06. The molecule has 0 saturated carbocycles. The number of rotatable bonds is 5. The zero-order valence-corrected chi connectivity index (χ0v) is 15.7. The highest BCUT2D eigenvalue weighted by molar-refractivity contribution is 7.88. The van der Waals surface area contributed by atoms with E-state index in [9.17, 15) is 8.42 Å². The average Bonchev–Trinajstić information content (AvgIpc) is 3.03. The number of hydrogen-bond acceptors (Lipinski definition) is 6. The summed E-state index contributed by atoms with van der Waals surface area (Å²) in [5.74, 6) is 1.62. The van der Waals surface area contributed by atoms with Gasteiger partial charge >= 0.3 is 0 Å². The molecule has 0 aliphatic carbocycles. The molecule has 0 radical (unpaired) electrons. The van der Waals surface area contributed by atoms with E-state index in [-0.39, 0.29) is 0 Å². The van der Waals surface area contributed by atoms with Gasteiger partial charge in [0.05, 0.1) is 12.8 Å². The lowest BCUT2D eigenvalue weighted by Crippen LogP contribution is -2.47. The van der Waals surface area contributed by atoms with Gasteiger partial charge in [0, 0.05) is 31.7 Å². The van der Waals surface area contributed by atoms with E-state index in [1.165, 1.54) is 16.1 Å². The topological polar surface area (TPSA) is 79.5 Å². The van der Waals surface area contributed by atoms with E-state index in [4.69, 9.17) is 4.52 Å². The lowest BCUT2D eigenvalue weighted by atomic mass is 10.0. The molecule has 2 heterocycles. The van der Waals surface area contributed by atoms with Crippen molar-refractivity contribution in [1.29, 1.82) is 0 Å². The molecule has 3 rings (SSSR count). The van der Waals surface area contributed by atoms with Crippen LogP contribution in [0.4, 0.5) is 0 Å². The van der Waals surface area contributed by atoms with Crippen LogP contribution in [-0.4, -0.2) is 60.2 Å². The molecule has 0 N–H and O–H groups in total. The largest absolute Gasteiger partial charge is 0.338 e. The number of sulfonamides is 1. The standard InChI is InChI=1S/C17H24N4O3S/c1-13(2)14-4-6-15(7-5-14)17-18-16(24-19-17)12-20-8-10-21(11-9-20)25(3,22)23/h4-7,13H,8-12H2,1-3H3. The van der Waals surface area contributed by atoms with Crippen LogP contribution in [0.1, 0.15) is 31.2 Å². The molecule has 0 amide bonds. The van der Waals surface area contributed by atoms with Gasteiger partial charge in [-0.25, -0.2) is 8.42 Å². The summed E-state index contributed by atoms with van der Waals surface area (Å²) >= 11 is 0. The van der Waals surface area contributed by atoms with Crippen molar-refractivity contribution < 1.29 is 12.9 Å². The van der Waals surface area contributed by atoms with E-state index < -0.39 is 10.0 Å². The Labute approximate surface area is 148 Å². The van der Waals surface area contributed by atoms with Gasteiger partial charge in [0.2, 0.25) is 21.7 Å². The molecule has 1 aromatic carbocycles. The Hall–Kier alpha value is -1.77. The van der Waals surface area contributed by atoms with E-state index in [2.05, 4.69) is 41.0 Å². The van der Waals surface area contributed by atoms with Crippen LogP contribution in [-0.2, 0) is 16.6 Å². The molecular weight excluding hydrogens is 340 g/mol. The normalized spacial score (nSPS) is 17.3. The summed E-state index contributed by atoms with van der Waals surface area (Å²) in [6.07, 6.45) is 1.25. The van der Waals surface area contributed by atoms with Crippen molar-refractivity contribution in [3.8, 4) is 11.4 Å². The van der Waals surface area contributed by atoms with Gasteiger partial charge < -0.3 is 4.52 Å². The molecule has 25 heavy (non-hydrogen) atoms. The Morgan fingerprint density at radius 3 is 2.32 bits per heavy atom. The van der Waals surface area contributed by atoms with E-state index >= 15 is 0 Å². The van der Waals surface area contributed by atoms with E-state index in [1.54, 1.807) is 0 Å².